The Morgan fingerprint density at radius 2 is 1.79 bits per heavy atom. The largest absolute Gasteiger partial charge is 0.455 e. The lowest BCUT2D eigenvalue weighted by Crippen LogP contribution is -2.29. The maximum Gasteiger partial charge on any atom is 0.311 e. The van der Waals surface area contributed by atoms with E-state index in [9.17, 15) is 14.4 Å². The quantitative estimate of drug-likeness (QED) is 0.733. The van der Waals surface area contributed by atoms with Gasteiger partial charge in [0, 0.05) is 25.2 Å². The number of rotatable bonds is 7. The fourth-order valence-corrected chi connectivity index (χ4v) is 3.55. The highest BCUT2D eigenvalue weighted by molar-refractivity contribution is 5.93. The Bertz CT molecular complexity index is 875. The fourth-order valence-electron chi connectivity index (χ4n) is 3.55. The van der Waals surface area contributed by atoms with Gasteiger partial charge in [-0.3, -0.25) is 14.4 Å². The van der Waals surface area contributed by atoms with Crippen LogP contribution in [0.15, 0.2) is 48.5 Å². The van der Waals surface area contributed by atoms with Crippen molar-refractivity contribution in [1.82, 2.24) is 4.90 Å². The van der Waals surface area contributed by atoms with E-state index in [0.717, 1.165) is 23.1 Å². The molecular weight excluding hydrogens is 368 g/mol. The first-order chi connectivity index (χ1) is 13.9. The first-order valence-corrected chi connectivity index (χ1v) is 9.77. The van der Waals surface area contributed by atoms with Crippen LogP contribution in [0.4, 0.5) is 5.69 Å². The standard InChI is InChI=1S/C23H26N2O4/c1-16-10-17(2)12-20(11-16)24-21(26)15-29-23(28)19-13-22(27)25(14-19)9-8-18-6-4-3-5-7-18/h3-7,10-12,19H,8-9,13-15H2,1-2H3,(H,24,26)/t19-/m0/s1. The van der Waals surface area contributed by atoms with Crippen LogP contribution in [0, 0.1) is 19.8 Å². The summed E-state index contributed by atoms with van der Waals surface area (Å²) >= 11 is 0. The van der Waals surface area contributed by atoms with Gasteiger partial charge < -0.3 is 15.0 Å². The van der Waals surface area contributed by atoms with E-state index in [1.165, 1.54) is 0 Å². The molecule has 0 bridgehead atoms. The van der Waals surface area contributed by atoms with Crippen LogP contribution in [0.1, 0.15) is 23.1 Å². The second-order valence-electron chi connectivity index (χ2n) is 7.51. The number of likely N-dealkylation sites (tertiary alicyclic amines) is 1. The third-order valence-corrected chi connectivity index (χ3v) is 4.91. The summed E-state index contributed by atoms with van der Waals surface area (Å²) in [5.74, 6) is -1.47. The topological polar surface area (TPSA) is 75.7 Å². The zero-order valence-electron chi connectivity index (χ0n) is 16.8. The number of nitrogens with zero attached hydrogens (tertiary/aromatic N) is 1. The predicted molar refractivity (Wildman–Crippen MR) is 110 cm³/mol. The van der Waals surface area contributed by atoms with E-state index in [0.29, 0.717) is 18.8 Å². The Hall–Kier alpha value is -3.15. The highest BCUT2D eigenvalue weighted by Crippen LogP contribution is 2.20. The van der Waals surface area contributed by atoms with Crippen molar-refractivity contribution in [3.8, 4) is 0 Å². The van der Waals surface area contributed by atoms with Crippen molar-refractivity contribution in [3.63, 3.8) is 0 Å². The third kappa shape index (κ3) is 5.91. The molecule has 2 aromatic rings. The number of anilines is 1. The average molecular weight is 394 g/mol. The third-order valence-electron chi connectivity index (χ3n) is 4.91. The van der Waals surface area contributed by atoms with Crippen LogP contribution in [0.3, 0.4) is 0 Å². The number of benzene rings is 2. The van der Waals surface area contributed by atoms with Crippen LogP contribution in [-0.2, 0) is 25.5 Å². The van der Waals surface area contributed by atoms with Crippen molar-refractivity contribution in [2.24, 2.45) is 5.92 Å². The molecule has 2 aromatic carbocycles. The summed E-state index contributed by atoms with van der Waals surface area (Å²) in [7, 11) is 0. The van der Waals surface area contributed by atoms with Gasteiger partial charge in [-0.15, -0.1) is 0 Å². The molecule has 1 atom stereocenters. The monoisotopic (exact) mass is 394 g/mol. The summed E-state index contributed by atoms with van der Waals surface area (Å²) in [6.45, 7) is 4.44. The van der Waals surface area contributed by atoms with Crippen molar-refractivity contribution >= 4 is 23.5 Å². The molecule has 0 saturated carbocycles. The maximum atomic E-state index is 12.3. The lowest BCUT2D eigenvalue weighted by Gasteiger charge is -2.16. The Morgan fingerprint density at radius 3 is 2.48 bits per heavy atom. The molecule has 1 heterocycles. The van der Waals surface area contributed by atoms with E-state index in [1.807, 2.05) is 62.4 Å². The molecule has 1 aliphatic heterocycles. The summed E-state index contributed by atoms with van der Waals surface area (Å²) in [6.07, 6.45) is 0.874. The molecule has 1 aliphatic rings. The Balaban J connectivity index is 1.44. The second-order valence-corrected chi connectivity index (χ2v) is 7.51. The number of aryl methyl sites for hydroxylation is 2. The Kier molecular flexibility index (Phi) is 6.65. The lowest BCUT2D eigenvalue weighted by atomic mass is 10.1. The van der Waals surface area contributed by atoms with Crippen molar-refractivity contribution in [1.29, 1.82) is 0 Å². The highest BCUT2D eigenvalue weighted by Gasteiger charge is 2.35. The van der Waals surface area contributed by atoms with E-state index in [4.69, 9.17) is 4.74 Å². The summed E-state index contributed by atoms with van der Waals surface area (Å²) in [5.41, 5.74) is 3.90. The van der Waals surface area contributed by atoms with Gasteiger partial charge in [-0.05, 0) is 49.1 Å². The molecule has 2 amide bonds. The zero-order valence-corrected chi connectivity index (χ0v) is 16.8. The van der Waals surface area contributed by atoms with Crippen LogP contribution in [-0.4, -0.2) is 42.4 Å². The normalized spacial score (nSPS) is 16.0. The van der Waals surface area contributed by atoms with Gasteiger partial charge in [0.25, 0.3) is 5.91 Å². The molecule has 0 spiro atoms. The first kappa shape index (κ1) is 20.6. The lowest BCUT2D eigenvalue weighted by molar-refractivity contribution is -0.151. The number of hydrogen-bond donors (Lipinski definition) is 1. The molecule has 3 rings (SSSR count). The van der Waals surface area contributed by atoms with E-state index in [-0.39, 0.29) is 18.9 Å². The zero-order chi connectivity index (χ0) is 20.8. The summed E-state index contributed by atoms with van der Waals surface area (Å²) < 4.78 is 5.15. The molecule has 0 aromatic heterocycles. The van der Waals surface area contributed by atoms with Crippen LogP contribution >= 0.6 is 0 Å². The highest BCUT2D eigenvalue weighted by atomic mass is 16.5. The van der Waals surface area contributed by atoms with Gasteiger partial charge in [-0.2, -0.15) is 0 Å². The van der Waals surface area contributed by atoms with Crippen molar-refractivity contribution in [2.75, 3.05) is 25.0 Å². The number of amides is 2. The molecular formula is C23H26N2O4. The van der Waals surface area contributed by atoms with Gasteiger partial charge in [0.1, 0.15) is 0 Å². The van der Waals surface area contributed by atoms with Crippen LogP contribution in [0.25, 0.3) is 0 Å². The fraction of sp³-hybridized carbons (Fsp3) is 0.348. The van der Waals surface area contributed by atoms with Crippen LogP contribution < -0.4 is 5.32 Å². The van der Waals surface area contributed by atoms with Gasteiger partial charge in [0.05, 0.1) is 5.92 Å². The number of carbonyl (C=O) groups is 3. The Morgan fingerprint density at radius 1 is 1.10 bits per heavy atom. The van der Waals surface area contributed by atoms with Gasteiger partial charge in [-0.1, -0.05) is 36.4 Å². The van der Waals surface area contributed by atoms with E-state index in [2.05, 4.69) is 5.32 Å². The van der Waals surface area contributed by atoms with E-state index >= 15 is 0 Å². The SMILES string of the molecule is Cc1cc(C)cc(NC(=O)COC(=O)[C@H]2CC(=O)N(CCc3ccccc3)C2)c1. The summed E-state index contributed by atoms with van der Waals surface area (Å²) in [6, 6.07) is 15.6. The predicted octanol–water partition coefficient (Wildman–Crippen LogP) is 2.88. The number of ether oxygens (including phenoxy) is 1. The Labute approximate surface area is 170 Å². The number of carbonyl (C=O) groups excluding carboxylic acids is 3. The summed E-state index contributed by atoms with van der Waals surface area (Å²) in [4.78, 5) is 38.3. The number of hydrogen-bond acceptors (Lipinski definition) is 4. The van der Waals surface area contributed by atoms with Gasteiger partial charge in [0.2, 0.25) is 5.91 Å². The van der Waals surface area contributed by atoms with Crippen LogP contribution in [0.5, 0.6) is 0 Å². The molecule has 1 saturated heterocycles. The summed E-state index contributed by atoms with van der Waals surface area (Å²) in [5, 5.41) is 2.73. The molecule has 1 fully saturated rings. The molecule has 6 heteroatoms. The van der Waals surface area contributed by atoms with Crippen LogP contribution in [0.2, 0.25) is 0 Å². The number of nitrogens with one attached hydrogen (secondary N) is 1. The molecule has 152 valence electrons. The van der Waals surface area contributed by atoms with Gasteiger partial charge in [0.15, 0.2) is 6.61 Å². The van der Waals surface area contributed by atoms with Crippen molar-refractivity contribution in [2.45, 2.75) is 26.7 Å². The molecule has 6 nitrogen and oxygen atoms in total. The smallest absolute Gasteiger partial charge is 0.311 e. The number of esters is 1. The van der Waals surface area contributed by atoms with Crippen molar-refractivity contribution in [3.05, 3.63) is 65.2 Å². The van der Waals surface area contributed by atoms with E-state index < -0.39 is 17.8 Å². The molecule has 0 unspecified atom stereocenters. The molecule has 0 radical (unpaired) electrons. The minimum atomic E-state index is -0.521. The van der Waals surface area contributed by atoms with Gasteiger partial charge in [-0.25, -0.2) is 0 Å². The molecule has 29 heavy (non-hydrogen) atoms. The van der Waals surface area contributed by atoms with Gasteiger partial charge >= 0.3 is 5.97 Å². The van der Waals surface area contributed by atoms with Crippen molar-refractivity contribution < 1.29 is 19.1 Å². The minimum Gasteiger partial charge on any atom is -0.455 e. The first-order valence-electron chi connectivity index (χ1n) is 9.77. The molecule has 0 aliphatic carbocycles. The molecule has 1 N–H and O–H groups in total. The average Bonchev–Trinajstić information content (AvgIpc) is 3.05. The maximum absolute atomic E-state index is 12.3. The minimum absolute atomic E-state index is 0.0532. The van der Waals surface area contributed by atoms with E-state index in [1.54, 1.807) is 4.90 Å². The second kappa shape index (κ2) is 9.37.